The molecule has 0 aliphatic carbocycles. The van der Waals surface area contributed by atoms with Crippen LogP contribution in [0.15, 0.2) is 42.7 Å². The van der Waals surface area contributed by atoms with Crippen molar-refractivity contribution in [2.45, 2.75) is 31.7 Å². The normalized spacial score (nSPS) is 14.9. The molecule has 3 N–H and O–H groups in total. The van der Waals surface area contributed by atoms with Crippen molar-refractivity contribution in [3.63, 3.8) is 0 Å². The summed E-state index contributed by atoms with van der Waals surface area (Å²) >= 11 is 12.6. The number of aromatic nitrogens is 4. The minimum Gasteiger partial charge on any atom is -0.376 e. The van der Waals surface area contributed by atoms with Gasteiger partial charge in [-0.05, 0) is 62.7 Å². The van der Waals surface area contributed by atoms with Gasteiger partial charge in [0.15, 0.2) is 0 Å². The van der Waals surface area contributed by atoms with Gasteiger partial charge in [-0.15, -0.1) is 0 Å². The van der Waals surface area contributed by atoms with Gasteiger partial charge in [0.1, 0.15) is 17.6 Å². The van der Waals surface area contributed by atoms with Crippen molar-refractivity contribution < 1.29 is 4.39 Å². The van der Waals surface area contributed by atoms with Crippen LogP contribution < -0.4 is 10.6 Å². The van der Waals surface area contributed by atoms with E-state index in [4.69, 9.17) is 23.2 Å². The molecule has 0 spiro atoms. The molecule has 0 saturated carbocycles. The van der Waals surface area contributed by atoms with E-state index in [-0.39, 0.29) is 11.1 Å². The van der Waals surface area contributed by atoms with Crippen LogP contribution >= 0.6 is 23.2 Å². The zero-order valence-corrected chi connectivity index (χ0v) is 21.5. The summed E-state index contributed by atoms with van der Waals surface area (Å²) in [7, 11) is 0. The Labute approximate surface area is 223 Å². The van der Waals surface area contributed by atoms with Crippen LogP contribution in [0.1, 0.15) is 43.0 Å². The molecule has 0 bridgehead atoms. The number of benzene rings is 2. The van der Waals surface area contributed by atoms with Crippen molar-refractivity contribution in [2.24, 2.45) is 0 Å². The smallest absolute Gasteiger partial charge is 0.141 e. The van der Waals surface area contributed by atoms with Gasteiger partial charge in [0.05, 0.1) is 39.1 Å². The van der Waals surface area contributed by atoms with Crippen LogP contribution in [0.3, 0.4) is 0 Å². The number of nitrogens with zero attached hydrogens (tertiary/aromatic N) is 5. The van der Waals surface area contributed by atoms with Gasteiger partial charge in [0.25, 0.3) is 0 Å². The molecule has 1 saturated heterocycles. The molecule has 37 heavy (non-hydrogen) atoms. The number of pyridine rings is 1. The number of piperidine rings is 1. The van der Waals surface area contributed by atoms with Gasteiger partial charge >= 0.3 is 0 Å². The standard InChI is InChI=1S/C26H25Cl2FN8/c27-20-11-17(4-5-22(20)29)34-25-16(13-30)14-31-26-19(25)10-18(12-21(26)28)33-23(24-15-32-36-35-24)6-9-37-7-2-1-3-8-37/h4-5,10-12,14-15,23,33H,1-3,6-9H2,(H,31,34)(H,32,35,36). The quantitative estimate of drug-likeness (QED) is 0.237. The van der Waals surface area contributed by atoms with Gasteiger partial charge in [-0.1, -0.05) is 29.6 Å². The Morgan fingerprint density at radius 3 is 2.62 bits per heavy atom. The molecule has 190 valence electrons. The fraction of sp³-hybridized carbons (Fsp3) is 0.308. The van der Waals surface area contributed by atoms with Gasteiger partial charge in [-0.2, -0.15) is 20.7 Å². The van der Waals surface area contributed by atoms with E-state index in [1.54, 1.807) is 12.3 Å². The van der Waals surface area contributed by atoms with Gasteiger partial charge in [0.2, 0.25) is 0 Å². The maximum Gasteiger partial charge on any atom is 0.141 e. The van der Waals surface area contributed by atoms with E-state index in [0.29, 0.717) is 32.9 Å². The van der Waals surface area contributed by atoms with E-state index < -0.39 is 5.82 Å². The molecule has 4 aromatic rings. The minimum atomic E-state index is -0.523. The highest BCUT2D eigenvalue weighted by Gasteiger charge is 2.20. The zero-order valence-electron chi connectivity index (χ0n) is 19.9. The first-order valence-corrected chi connectivity index (χ1v) is 12.9. The van der Waals surface area contributed by atoms with Gasteiger partial charge in [0, 0.05) is 29.5 Å². The monoisotopic (exact) mass is 538 g/mol. The fourth-order valence-electron chi connectivity index (χ4n) is 4.65. The Morgan fingerprint density at radius 2 is 1.89 bits per heavy atom. The zero-order chi connectivity index (χ0) is 25.8. The number of fused-ring (bicyclic) bond motifs is 1. The highest BCUT2D eigenvalue weighted by molar-refractivity contribution is 6.36. The molecule has 1 aliphatic rings. The third-order valence-corrected chi connectivity index (χ3v) is 7.13. The van der Waals surface area contributed by atoms with Crippen molar-refractivity contribution in [3.8, 4) is 6.07 Å². The lowest BCUT2D eigenvalue weighted by Gasteiger charge is -2.28. The fourth-order valence-corrected chi connectivity index (χ4v) is 5.10. The molecule has 2 aromatic heterocycles. The van der Waals surface area contributed by atoms with Crippen molar-refractivity contribution in [3.05, 3.63) is 69.8 Å². The second kappa shape index (κ2) is 11.3. The van der Waals surface area contributed by atoms with Crippen molar-refractivity contribution in [2.75, 3.05) is 30.3 Å². The molecule has 2 aromatic carbocycles. The van der Waals surface area contributed by atoms with E-state index >= 15 is 0 Å². The molecule has 1 unspecified atom stereocenters. The molecule has 0 amide bonds. The summed E-state index contributed by atoms with van der Waals surface area (Å²) in [5.74, 6) is -0.523. The maximum atomic E-state index is 13.7. The summed E-state index contributed by atoms with van der Waals surface area (Å²) in [4.78, 5) is 6.89. The van der Waals surface area contributed by atoms with Crippen LogP contribution in [0.4, 0.5) is 21.5 Å². The highest BCUT2D eigenvalue weighted by atomic mass is 35.5. The Balaban J connectivity index is 1.48. The Bertz CT molecular complexity index is 1430. The lowest BCUT2D eigenvalue weighted by atomic mass is 10.1. The summed E-state index contributed by atoms with van der Waals surface area (Å²) < 4.78 is 13.7. The molecule has 1 aliphatic heterocycles. The van der Waals surface area contributed by atoms with E-state index in [0.717, 1.165) is 37.4 Å². The third kappa shape index (κ3) is 5.77. The van der Waals surface area contributed by atoms with Crippen LogP contribution in [0.5, 0.6) is 0 Å². The molecule has 8 nitrogen and oxygen atoms in total. The molecule has 1 fully saturated rings. The number of halogens is 3. The molecule has 0 radical (unpaired) electrons. The Hall–Kier alpha value is -3.45. The molecule has 5 rings (SSSR count). The number of nitrogens with one attached hydrogen (secondary N) is 3. The summed E-state index contributed by atoms with van der Waals surface area (Å²) in [6, 6.07) is 10.1. The van der Waals surface area contributed by atoms with Crippen molar-refractivity contribution in [1.29, 1.82) is 5.26 Å². The minimum absolute atomic E-state index is 0.0218. The summed E-state index contributed by atoms with van der Waals surface area (Å²) in [5, 5.41) is 28.6. The second-order valence-electron chi connectivity index (χ2n) is 9.05. The molecular formula is C26H25Cl2FN8. The van der Waals surface area contributed by atoms with Crippen LogP contribution in [0.25, 0.3) is 10.9 Å². The summed E-state index contributed by atoms with van der Waals surface area (Å²) in [5.41, 5.74) is 3.45. The number of rotatable bonds is 8. The molecule has 3 heterocycles. The van der Waals surface area contributed by atoms with E-state index in [1.165, 1.54) is 37.6 Å². The van der Waals surface area contributed by atoms with Gasteiger partial charge in [-0.3, -0.25) is 4.98 Å². The van der Waals surface area contributed by atoms with E-state index in [2.05, 4.69) is 42.0 Å². The maximum absolute atomic E-state index is 13.7. The highest BCUT2D eigenvalue weighted by Crippen LogP contribution is 2.36. The van der Waals surface area contributed by atoms with Gasteiger partial charge < -0.3 is 15.5 Å². The predicted molar refractivity (Wildman–Crippen MR) is 144 cm³/mol. The van der Waals surface area contributed by atoms with E-state index in [1.807, 2.05) is 12.1 Å². The molecular weight excluding hydrogens is 514 g/mol. The average Bonchev–Trinajstić information content (AvgIpc) is 3.45. The second-order valence-corrected chi connectivity index (χ2v) is 9.86. The number of hydrogen-bond acceptors (Lipinski definition) is 7. The average molecular weight is 539 g/mol. The number of aromatic amines is 1. The number of anilines is 3. The lowest BCUT2D eigenvalue weighted by molar-refractivity contribution is 0.222. The number of likely N-dealkylation sites (tertiary alicyclic amines) is 1. The van der Waals surface area contributed by atoms with Crippen LogP contribution in [0, 0.1) is 17.1 Å². The summed E-state index contributed by atoms with van der Waals surface area (Å²) in [6.07, 6.45) is 7.76. The molecule has 1 atom stereocenters. The number of nitriles is 1. The first-order valence-electron chi connectivity index (χ1n) is 12.1. The molecule has 11 heteroatoms. The van der Waals surface area contributed by atoms with Crippen LogP contribution in [-0.2, 0) is 0 Å². The van der Waals surface area contributed by atoms with Crippen molar-refractivity contribution in [1.82, 2.24) is 25.3 Å². The lowest BCUT2D eigenvalue weighted by Crippen LogP contribution is -2.32. The van der Waals surface area contributed by atoms with Crippen molar-refractivity contribution >= 4 is 51.2 Å². The Morgan fingerprint density at radius 1 is 1.08 bits per heavy atom. The first-order chi connectivity index (χ1) is 18.0. The number of H-pyrrole nitrogens is 1. The topological polar surface area (TPSA) is 106 Å². The third-order valence-electron chi connectivity index (χ3n) is 6.55. The largest absolute Gasteiger partial charge is 0.376 e. The predicted octanol–water partition coefficient (Wildman–Crippen LogP) is 6.44. The van der Waals surface area contributed by atoms with E-state index in [9.17, 15) is 9.65 Å². The van der Waals surface area contributed by atoms with Gasteiger partial charge in [-0.25, -0.2) is 4.39 Å². The van der Waals surface area contributed by atoms with Crippen LogP contribution in [0.2, 0.25) is 10.0 Å². The summed E-state index contributed by atoms with van der Waals surface area (Å²) in [6.45, 7) is 3.15. The number of hydrogen-bond donors (Lipinski definition) is 3. The SMILES string of the molecule is N#Cc1cnc2c(Cl)cc(NC(CCN3CCCCC3)c3cn[nH]n3)cc2c1Nc1ccc(F)c(Cl)c1. The van der Waals surface area contributed by atoms with Crippen LogP contribution in [-0.4, -0.2) is 44.9 Å². The Kier molecular flexibility index (Phi) is 7.70. The first kappa shape index (κ1) is 25.2.